The number of likely N-dealkylation sites (tertiary alicyclic amines) is 1. The summed E-state index contributed by atoms with van der Waals surface area (Å²) in [5, 5.41) is 15.1. The molecule has 3 aromatic rings. The maximum absolute atomic E-state index is 12.9. The number of rotatable bonds is 6. The first-order valence-electron chi connectivity index (χ1n) is 13.6. The minimum Gasteiger partial charge on any atom is -0.495 e. The molecule has 0 radical (unpaired) electrons. The summed E-state index contributed by atoms with van der Waals surface area (Å²) in [6.07, 6.45) is 8.66. The minimum absolute atomic E-state index is 0.00788. The van der Waals surface area contributed by atoms with Crippen molar-refractivity contribution in [3.05, 3.63) is 83.6 Å². The van der Waals surface area contributed by atoms with E-state index in [4.69, 9.17) is 14.7 Å². The van der Waals surface area contributed by atoms with Crippen molar-refractivity contribution in [2.45, 2.75) is 12.8 Å². The second kappa shape index (κ2) is 11.2. The van der Waals surface area contributed by atoms with Gasteiger partial charge in [-0.2, -0.15) is 5.26 Å². The molecule has 1 aromatic heterocycles. The van der Waals surface area contributed by atoms with Crippen molar-refractivity contribution in [1.29, 1.82) is 5.26 Å². The number of methoxy groups -OCH3 is 1. The maximum Gasteiger partial charge on any atom is 0.246 e. The lowest BCUT2D eigenvalue weighted by molar-refractivity contribution is -0.125. The minimum atomic E-state index is -0.0638. The van der Waals surface area contributed by atoms with Crippen molar-refractivity contribution >= 4 is 35.0 Å². The van der Waals surface area contributed by atoms with Crippen LogP contribution in [-0.4, -0.2) is 48.4 Å². The Morgan fingerprint density at radius 2 is 1.98 bits per heavy atom. The van der Waals surface area contributed by atoms with Gasteiger partial charge in [0.1, 0.15) is 23.3 Å². The van der Waals surface area contributed by atoms with Crippen molar-refractivity contribution in [2.75, 3.05) is 37.4 Å². The number of hydrogen-bond donors (Lipinski definition) is 2. The number of amides is 2. The number of benzene rings is 2. The molecule has 2 atom stereocenters. The van der Waals surface area contributed by atoms with Gasteiger partial charge in [-0.1, -0.05) is 18.2 Å². The number of hydrogen-bond acceptors (Lipinski definition) is 7. The summed E-state index contributed by atoms with van der Waals surface area (Å²) in [4.78, 5) is 30.9. The predicted molar refractivity (Wildman–Crippen MR) is 155 cm³/mol. The first-order valence-corrected chi connectivity index (χ1v) is 13.6. The van der Waals surface area contributed by atoms with E-state index in [1.807, 2.05) is 23.1 Å². The molecule has 9 heteroatoms. The van der Waals surface area contributed by atoms with Crippen LogP contribution in [0.1, 0.15) is 29.5 Å². The van der Waals surface area contributed by atoms with Crippen molar-refractivity contribution in [2.24, 2.45) is 11.8 Å². The average Bonchev–Trinajstić information content (AvgIpc) is 3.51. The van der Waals surface area contributed by atoms with Crippen LogP contribution < -0.4 is 20.1 Å². The van der Waals surface area contributed by atoms with Gasteiger partial charge in [-0.05, 0) is 71.4 Å². The fourth-order valence-corrected chi connectivity index (χ4v) is 5.59. The highest BCUT2D eigenvalue weighted by molar-refractivity contribution is 5.95. The standard InChI is InChI=1S/C32H29N5O4/c1-40-29-15-27(8-5-22(29)16-33)41-26-6-3-21(4-7-26)23-13-24-18-37(19-25(24)14-23)31(39)9-2-20-12-28-32(35-17-20)36-30(38)10-11-34-28/h2-9,12-13,15,17,24-25,34H,10-11,14,18-19H2,1H3,(H,35,36,38)/b9-2+. The van der Waals surface area contributed by atoms with E-state index in [2.05, 4.69) is 39.9 Å². The number of carbonyl (C=O) groups excluding carboxylic acids is 2. The Hall–Kier alpha value is -5.10. The van der Waals surface area contributed by atoms with Gasteiger partial charge < -0.3 is 25.0 Å². The molecule has 0 spiro atoms. The monoisotopic (exact) mass is 547 g/mol. The highest BCUT2D eigenvalue weighted by atomic mass is 16.5. The van der Waals surface area contributed by atoms with Crippen molar-refractivity contribution in [3.8, 4) is 23.3 Å². The van der Waals surface area contributed by atoms with Crippen molar-refractivity contribution in [1.82, 2.24) is 9.88 Å². The van der Waals surface area contributed by atoms with E-state index in [-0.39, 0.29) is 11.8 Å². The van der Waals surface area contributed by atoms with E-state index in [0.29, 0.717) is 60.0 Å². The van der Waals surface area contributed by atoms with Crippen LogP contribution in [0.5, 0.6) is 17.2 Å². The van der Waals surface area contributed by atoms with Crippen LogP contribution in [0.3, 0.4) is 0 Å². The van der Waals surface area contributed by atoms with Gasteiger partial charge >= 0.3 is 0 Å². The van der Waals surface area contributed by atoms with E-state index >= 15 is 0 Å². The van der Waals surface area contributed by atoms with Crippen LogP contribution in [0.2, 0.25) is 0 Å². The number of ether oxygens (including phenoxy) is 2. The molecule has 2 unspecified atom stereocenters. The number of nitriles is 1. The van der Waals surface area contributed by atoms with Gasteiger partial charge in [0.05, 0.1) is 18.4 Å². The third kappa shape index (κ3) is 5.63. The number of carbonyl (C=O) groups is 2. The Bertz CT molecular complexity index is 1610. The lowest BCUT2D eigenvalue weighted by Gasteiger charge is -2.15. The molecule has 0 bridgehead atoms. The molecule has 1 aliphatic carbocycles. The molecule has 1 fully saturated rings. The van der Waals surface area contributed by atoms with Crippen LogP contribution in [0, 0.1) is 23.2 Å². The lowest BCUT2D eigenvalue weighted by Crippen LogP contribution is -2.27. The fourth-order valence-electron chi connectivity index (χ4n) is 5.59. The number of anilines is 2. The SMILES string of the molecule is COc1cc(Oc2ccc(C3=CC4CN(C(=O)/C=C/c5cnc6c(c5)NCCC(=O)N6)CC4C3)cc2)ccc1C#N. The topological polar surface area (TPSA) is 117 Å². The Labute approximate surface area is 238 Å². The summed E-state index contributed by atoms with van der Waals surface area (Å²) < 4.78 is 11.2. The molecule has 2 aliphatic heterocycles. The first kappa shape index (κ1) is 26.1. The maximum atomic E-state index is 12.9. The van der Waals surface area contributed by atoms with Crippen LogP contribution in [0.15, 0.2) is 66.9 Å². The van der Waals surface area contributed by atoms with Gasteiger partial charge in [-0.3, -0.25) is 9.59 Å². The second-order valence-electron chi connectivity index (χ2n) is 10.4. The number of fused-ring (bicyclic) bond motifs is 2. The molecule has 41 heavy (non-hydrogen) atoms. The third-order valence-electron chi connectivity index (χ3n) is 7.71. The van der Waals surface area contributed by atoms with Crippen LogP contribution >= 0.6 is 0 Å². The number of aromatic nitrogens is 1. The summed E-state index contributed by atoms with van der Waals surface area (Å²) >= 11 is 0. The smallest absolute Gasteiger partial charge is 0.246 e. The van der Waals surface area contributed by atoms with E-state index < -0.39 is 0 Å². The molecule has 206 valence electrons. The molecule has 3 heterocycles. The Kier molecular flexibility index (Phi) is 7.13. The van der Waals surface area contributed by atoms with E-state index in [1.54, 1.807) is 36.5 Å². The summed E-state index contributed by atoms with van der Waals surface area (Å²) in [5.41, 5.74) is 4.47. The number of nitrogens with one attached hydrogen (secondary N) is 2. The zero-order chi connectivity index (χ0) is 28.3. The molecule has 2 amide bonds. The predicted octanol–water partition coefficient (Wildman–Crippen LogP) is 5.08. The van der Waals surface area contributed by atoms with Gasteiger partial charge in [-0.25, -0.2) is 4.98 Å². The normalized spacial score (nSPS) is 19.4. The van der Waals surface area contributed by atoms with E-state index in [0.717, 1.165) is 29.8 Å². The largest absolute Gasteiger partial charge is 0.495 e. The molecular formula is C32H29N5O4. The van der Waals surface area contributed by atoms with Crippen molar-refractivity contribution in [3.63, 3.8) is 0 Å². The van der Waals surface area contributed by atoms with Gasteiger partial charge in [0.15, 0.2) is 5.82 Å². The van der Waals surface area contributed by atoms with Crippen molar-refractivity contribution < 1.29 is 19.1 Å². The van der Waals surface area contributed by atoms with Gasteiger partial charge in [0.2, 0.25) is 11.8 Å². The summed E-state index contributed by atoms with van der Waals surface area (Å²) in [6, 6.07) is 17.1. The van der Waals surface area contributed by atoms with Crippen LogP contribution in [-0.2, 0) is 9.59 Å². The van der Waals surface area contributed by atoms with Crippen LogP contribution in [0.4, 0.5) is 11.5 Å². The average molecular weight is 548 g/mol. The summed E-state index contributed by atoms with van der Waals surface area (Å²) in [7, 11) is 1.53. The molecule has 2 aromatic carbocycles. The molecule has 0 saturated carbocycles. The summed E-state index contributed by atoms with van der Waals surface area (Å²) in [5.74, 6) is 2.97. The zero-order valence-corrected chi connectivity index (χ0v) is 22.6. The van der Waals surface area contributed by atoms with E-state index in [1.165, 1.54) is 12.7 Å². The number of pyridine rings is 1. The first-order chi connectivity index (χ1) is 20.0. The highest BCUT2D eigenvalue weighted by Crippen LogP contribution is 2.41. The Balaban J connectivity index is 1.05. The quantitative estimate of drug-likeness (QED) is 0.413. The van der Waals surface area contributed by atoms with Gasteiger partial charge in [-0.15, -0.1) is 0 Å². The zero-order valence-electron chi connectivity index (χ0n) is 22.6. The van der Waals surface area contributed by atoms with Crippen LogP contribution in [0.25, 0.3) is 11.6 Å². The Morgan fingerprint density at radius 3 is 2.76 bits per heavy atom. The lowest BCUT2D eigenvalue weighted by atomic mass is 9.98. The Morgan fingerprint density at radius 1 is 1.15 bits per heavy atom. The second-order valence-corrected chi connectivity index (χ2v) is 10.4. The number of allylic oxidation sites excluding steroid dienone is 1. The number of nitrogens with zero attached hydrogens (tertiary/aromatic N) is 3. The van der Waals surface area contributed by atoms with Gasteiger partial charge in [0.25, 0.3) is 0 Å². The summed E-state index contributed by atoms with van der Waals surface area (Å²) in [6.45, 7) is 1.98. The molecule has 6 rings (SSSR count). The van der Waals surface area contributed by atoms with E-state index in [9.17, 15) is 9.59 Å². The fraction of sp³-hybridized carbons (Fsp3) is 0.250. The van der Waals surface area contributed by atoms with Gasteiger partial charge in [0, 0.05) is 44.4 Å². The molecular weight excluding hydrogens is 518 g/mol. The molecule has 2 N–H and O–H groups in total. The molecule has 9 nitrogen and oxygen atoms in total. The highest BCUT2D eigenvalue weighted by Gasteiger charge is 2.37. The third-order valence-corrected chi connectivity index (χ3v) is 7.71. The molecule has 3 aliphatic rings. The molecule has 1 saturated heterocycles.